The van der Waals surface area contributed by atoms with Crippen molar-refractivity contribution in [3.05, 3.63) is 29.3 Å². The van der Waals surface area contributed by atoms with E-state index in [0.29, 0.717) is 12.2 Å². The number of anilines is 1. The van der Waals surface area contributed by atoms with Gasteiger partial charge in [-0.1, -0.05) is 32.4 Å². The highest BCUT2D eigenvalue weighted by atomic mass is 16.2. The smallest absolute Gasteiger partial charge is 0.222 e. The number of nitrogens with two attached hydrogens (primary N) is 1. The van der Waals surface area contributed by atoms with Crippen LogP contribution in [0.4, 0.5) is 11.5 Å². The molecule has 0 bridgehead atoms. The lowest BCUT2D eigenvalue weighted by Gasteiger charge is -2.34. The van der Waals surface area contributed by atoms with E-state index >= 15 is 0 Å². The minimum absolute atomic E-state index is 0.271. The molecular weight excluding hydrogens is 398 g/mol. The molecule has 0 unspecified atom stereocenters. The zero-order valence-electron chi connectivity index (χ0n) is 20.3. The third-order valence-electron chi connectivity index (χ3n) is 6.47. The van der Waals surface area contributed by atoms with Crippen LogP contribution in [0.3, 0.4) is 0 Å². The van der Waals surface area contributed by atoms with Crippen LogP contribution >= 0.6 is 0 Å². The van der Waals surface area contributed by atoms with Gasteiger partial charge in [0.15, 0.2) is 0 Å². The Morgan fingerprint density at radius 3 is 2.59 bits per heavy atom. The lowest BCUT2D eigenvalue weighted by atomic mass is 10.0. The first-order valence-electron chi connectivity index (χ1n) is 12.2. The number of nitrogen functional groups attached to an aromatic ring is 1. The van der Waals surface area contributed by atoms with Crippen LogP contribution in [0.1, 0.15) is 64.0 Å². The molecule has 0 atom stereocenters. The molecule has 2 heterocycles. The minimum atomic E-state index is 0.271. The largest absolute Gasteiger partial charge is 0.382 e. The van der Waals surface area contributed by atoms with Gasteiger partial charge in [-0.2, -0.15) is 0 Å². The Kier molecular flexibility index (Phi) is 8.62. The molecule has 174 valence electrons. The van der Waals surface area contributed by atoms with E-state index in [4.69, 9.17) is 10.7 Å². The number of hydrogen-bond acceptors (Lipinski definition) is 5. The number of aromatic nitrogens is 1. The van der Waals surface area contributed by atoms with Crippen molar-refractivity contribution in [1.82, 2.24) is 14.8 Å². The fourth-order valence-corrected chi connectivity index (χ4v) is 4.42. The van der Waals surface area contributed by atoms with Gasteiger partial charge in [0.05, 0.1) is 5.52 Å². The Morgan fingerprint density at radius 2 is 1.91 bits per heavy atom. The van der Waals surface area contributed by atoms with Gasteiger partial charge in [0.2, 0.25) is 5.91 Å². The second kappa shape index (κ2) is 11.4. The predicted molar refractivity (Wildman–Crippen MR) is 135 cm³/mol. The van der Waals surface area contributed by atoms with Gasteiger partial charge >= 0.3 is 0 Å². The molecule has 1 fully saturated rings. The first kappa shape index (κ1) is 24.2. The molecule has 2 N–H and O–H groups in total. The summed E-state index contributed by atoms with van der Waals surface area (Å²) in [6, 6.07) is 6.55. The van der Waals surface area contributed by atoms with E-state index in [2.05, 4.69) is 48.9 Å². The summed E-state index contributed by atoms with van der Waals surface area (Å²) in [4.78, 5) is 25.8. The summed E-state index contributed by atoms with van der Waals surface area (Å²) in [5.74, 6) is 0.787. The van der Waals surface area contributed by atoms with Crippen LogP contribution < -0.4 is 5.73 Å². The van der Waals surface area contributed by atoms with Crippen molar-refractivity contribution in [2.45, 2.75) is 66.2 Å². The van der Waals surface area contributed by atoms with Gasteiger partial charge < -0.3 is 10.6 Å². The van der Waals surface area contributed by atoms with E-state index in [9.17, 15) is 4.79 Å². The van der Waals surface area contributed by atoms with Crippen LogP contribution in [-0.2, 0) is 11.2 Å². The monoisotopic (exact) mass is 437 g/mol. The van der Waals surface area contributed by atoms with Crippen LogP contribution in [-0.4, -0.2) is 59.1 Å². The average molecular weight is 438 g/mol. The van der Waals surface area contributed by atoms with Crippen molar-refractivity contribution in [2.24, 2.45) is 4.99 Å². The Morgan fingerprint density at radius 1 is 1.16 bits per heavy atom. The third kappa shape index (κ3) is 6.06. The van der Waals surface area contributed by atoms with Crippen molar-refractivity contribution >= 4 is 34.0 Å². The quantitative estimate of drug-likeness (QED) is 0.567. The second-order valence-corrected chi connectivity index (χ2v) is 8.95. The fourth-order valence-electron chi connectivity index (χ4n) is 4.42. The summed E-state index contributed by atoms with van der Waals surface area (Å²) in [6.07, 6.45) is 6.02. The summed E-state index contributed by atoms with van der Waals surface area (Å²) >= 11 is 0. The first-order valence-corrected chi connectivity index (χ1v) is 12.2. The number of pyridine rings is 1. The Labute approximate surface area is 192 Å². The molecule has 0 aliphatic carbocycles. The molecule has 1 aromatic carbocycles. The molecule has 0 saturated carbocycles. The normalized spacial score (nSPS) is 15.5. The highest BCUT2D eigenvalue weighted by molar-refractivity contribution is 5.93. The standard InChI is InChI=1S/C26H39N5O/c1-5-7-9-19(3)28-25-20(4)22-12-11-21(18-23(22)29-26(25)27)10-8-13-30-14-16-31(17-15-30)24(32)6-2/h11-12,18H,5-10,13-17H2,1-4H3,(H2,27,29). The molecule has 1 aromatic heterocycles. The molecule has 6 nitrogen and oxygen atoms in total. The van der Waals surface area contributed by atoms with E-state index in [1.807, 2.05) is 11.8 Å². The maximum absolute atomic E-state index is 11.8. The van der Waals surface area contributed by atoms with Crippen molar-refractivity contribution in [1.29, 1.82) is 0 Å². The molecule has 2 aromatic rings. The molecule has 1 saturated heterocycles. The highest BCUT2D eigenvalue weighted by Crippen LogP contribution is 2.32. The van der Waals surface area contributed by atoms with Crippen LogP contribution in [0.2, 0.25) is 0 Å². The van der Waals surface area contributed by atoms with E-state index in [1.165, 1.54) is 5.56 Å². The highest BCUT2D eigenvalue weighted by Gasteiger charge is 2.19. The number of unbranched alkanes of at least 4 members (excludes halogenated alkanes) is 1. The van der Waals surface area contributed by atoms with Gasteiger partial charge in [-0.15, -0.1) is 0 Å². The molecule has 1 amide bonds. The van der Waals surface area contributed by atoms with Crippen molar-refractivity contribution < 1.29 is 4.79 Å². The number of piperazine rings is 1. The summed E-state index contributed by atoms with van der Waals surface area (Å²) in [6.45, 7) is 13.0. The van der Waals surface area contributed by atoms with Gasteiger partial charge in [0.1, 0.15) is 11.5 Å². The number of hydrogen-bond donors (Lipinski definition) is 1. The lowest BCUT2D eigenvalue weighted by molar-refractivity contribution is -0.132. The molecule has 0 spiro atoms. The Bertz CT molecular complexity index is 960. The van der Waals surface area contributed by atoms with Gasteiger partial charge in [-0.05, 0) is 63.3 Å². The Balaban J connectivity index is 1.61. The fraction of sp³-hybridized carbons (Fsp3) is 0.577. The number of rotatable bonds is 9. The number of carbonyl (C=O) groups is 1. The first-order chi connectivity index (χ1) is 15.4. The van der Waals surface area contributed by atoms with Crippen molar-refractivity contribution in [3.8, 4) is 0 Å². The van der Waals surface area contributed by atoms with E-state index < -0.39 is 0 Å². The van der Waals surface area contributed by atoms with Gasteiger partial charge in [0.25, 0.3) is 0 Å². The number of fused-ring (bicyclic) bond motifs is 1. The number of aliphatic imine (C=N–C) groups is 1. The number of carbonyl (C=O) groups excluding carboxylic acids is 1. The minimum Gasteiger partial charge on any atom is -0.382 e. The SMILES string of the molecule is CCCCC(C)=Nc1c(N)nc2cc(CCCN3CCN(C(=O)CC)CC3)ccc2c1C. The zero-order chi connectivity index (χ0) is 23.1. The zero-order valence-corrected chi connectivity index (χ0v) is 20.3. The van der Waals surface area contributed by atoms with E-state index in [0.717, 1.165) is 92.7 Å². The van der Waals surface area contributed by atoms with Crippen molar-refractivity contribution in [3.63, 3.8) is 0 Å². The van der Waals surface area contributed by atoms with Gasteiger partial charge in [0, 0.05) is 43.7 Å². The average Bonchev–Trinajstić information content (AvgIpc) is 2.80. The number of nitrogens with zero attached hydrogens (tertiary/aromatic N) is 4. The van der Waals surface area contributed by atoms with E-state index in [1.54, 1.807) is 0 Å². The van der Waals surface area contributed by atoms with Gasteiger partial charge in [-0.3, -0.25) is 14.7 Å². The second-order valence-electron chi connectivity index (χ2n) is 8.95. The summed E-state index contributed by atoms with van der Waals surface area (Å²) < 4.78 is 0. The molecule has 6 heteroatoms. The maximum atomic E-state index is 11.8. The Hall–Kier alpha value is -2.47. The topological polar surface area (TPSA) is 74.8 Å². The summed E-state index contributed by atoms with van der Waals surface area (Å²) in [7, 11) is 0. The third-order valence-corrected chi connectivity index (χ3v) is 6.47. The molecule has 32 heavy (non-hydrogen) atoms. The molecule has 3 rings (SSSR count). The molecular formula is C26H39N5O. The van der Waals surface area contributed by atoms with E-state index in [-0.39, 0.29) is 5.91 Å². The van der Waals surface area contributed by atoms with Crippen LogP contribution in [0, 0.1) is 6.92 Å². The lowest BCUT2D eigenvalue weighted by Crippen LogP contribution is -2.48. The predicted octanol–water partition coefficient (Wildman–Crippen LogP) is 4.89. The molecule has 1 aliphatic rings. The number of benzene rings is 1. The van der Waals surface area contributed by atoms with Gasteiger partial charge in [-0.25, -0.2) is 4.98 Å². The maximum Gasteiger partial charge on any atom is 0.222 e. The number of aryl methyl sites for hydroxylation is 2. The number of amides is 1. The van der Waals surface area contributed by atoms with Crippen LogP contribution in [0.5, 0.6) is 0 Å². The van der Waals surface area contributed by atoms with Crippen LogP contribution in [0.25, 0.3) is 10.9 Å². The summed E-state index contributed by atoms with van der Waals surface area (Å²) in [5, 5.41) is 1.13. The van der Waals surface area contributed by atoms with Crippen molar-refractivity contribution in [2.75, 3.05) is 38.5 Å². The molecule has 1 aliphatic heterocycles. The molecule has 0 radical (unpaired) electrons. The van der Waals surface area contributed by atoms with Crippen LogP contribution in [0.15, 0.2) is 23.2 Å². The summed E-state index contributed by atoms with van der Waals surface area (Å²) in [5.41, 5.74) is 11.6.